The first-order valence-electron chi connectivity index (χ1n) is 5.10. The van der Waals surface area contributed by atoms with Crippen molar-refractivity contribution in [3.63, 3.8) is 0 Å². The summed E-state index contributed by atoms with van der Waals surface area (Å²) in [5.41, 5.74) is 2.02. The molecule has 7 heteroatoms. The topological polar surface area (TPSA) is 78.9 Å². The van der Waals surface area contributed by atoms with E-state index in [2.05, 4.69) is 31.1 Å². The van der Waals surface area contributed by atoms with Crippen LogP contribution in [0.3, 0.4) is 0 Å². The number of nitrogens with one attached hydrogen (secondary N) is 1. The molecule has 0 atom stereocenters. The van der Waals surface area contributed by atoms with Gasteiger partial charge in [0.25, 0.3) is 0 Å². The quantitative estimate of drug-likeness (QED) is 0.844. The molecular formula is C11H10BrN3O2S. The molecule has 0 radical (unpaired) electrons. The van der Waals surface area contributed by atoms with Gasteiger partial charge in [-0.25, -0.2) is 4.98 Å². The van der Waals surface area contributed by atoms with Gasteiger partial charge in [0.05, 0.1) is 5.75 Å². The molecule has 2 rings (SSSR count). The number of benzene rings is 1. The van der Waals surface area contributed by atoms with Crippen molar-refractivity contribution >= 4 is 33.7 Å². The van der Waals surface area contributed by atoms with E-state index in [0.717, 1.165) is 27.4 Å². The van der Waals surface area contributed by atoms with Gasteiger partial charge in [-0.1, -0.05) is 27.7 Å². The van der Waals surface area contributed by atoms with E-state index in [4.69, 9.17) is 5.11 Å². The third-order valence-corrected chi connectivity index (χ3v) is 3.56. The monoisotopic (exact) mass is 327 g/mol. The number of nitrogens with zero attached hydrogens (tertiary/aromatic N) is 2. The van der Waals surface area contributed by atoms with Gasteiger partial charge in [-0.2, -0.15) is 0 Å². The number of carbonyl (C=O) groups is 1. The van der Waals surface area contributed by atoms with Crippen molar-refractivity contribution in [2.24, 2.45) is 0 Å². The van der Waals surface area contributed by atoms with E-state index in [0.29, 0.717) is 11.0 Å². The zero-order chi connectivity index (χ0) is 13.1. The highest BCUT2D eigenvalue weighted by atomic mass is 79.9. The minimum absolute atomic E-state index is 0.0450. The van der Waals surface area contributed by atoms with Gasteiger partial charge in [0.1, 0.15) is 0 Å². The second-order valence-electron chi connectivity index (χ2n) is 3.61. The van der Waals surface area contributed by atoms with Crippen molar-refractivity contribution in [2.45, 2.75) is 12.1 Å². The van der Waals surface area contributed by atoms with Crippen LogP contribution in [0, 0.1) is 6.92 Å². The van der Waals surface area contributed by atoms with Crippen LogP contribution in [-0.4, -0.2) is 32.0 Å². The molecule has 0 spiro atoms. The average molecular weight is 328 g/mol. The van der Waals surface area contributed by atoms with Crippen LogP contribution in [0.25, 0.3) is 11.4 Å². The van der Waals surface area contributed by atoms with Gasteiger partial charge in [0.15, 0.2) is 5.82 Å². The Morgan fingerprint density at radius 1 is 1.56 bits per heavy atom. The van der Waals surface area contributed by atoms with E-state index in [9.17, 15) is 4.79 Å². The largest absolute Gasteiger partial charge is 0.481 e. The molecule has 0 aliphatic carbocycles. The van der Waals surface area contributed by atoms with E-state index in [1.165, 1.54) is 0 Å². The summed E-state index contributed by atoms with van der Waals surface area (Å²) in [6.45, 7) is 1.98. The number of aliphatic carboxylic acids is 1. The van der Waals surface area contributed by atoms with E-state index in [1.807, 2.05) is 25.1 Å². The van der Waals surface area contributed by atoms with Crippen molar-refractivity contribution in [1.29, 1.82) is 0 Å². The molecule has 0 unspecified atom stereocenters. The van der Waals surface area contributed by atoms with Gasteiger partial charge >= 0.3 is 5.97 Å². The van der Waals surface area contributed by atoms with E-state index < -0.39 is 5.97 Å². The number of halogens is 1. The van der Waals surface area contributed by atoms with Gasteiger partial charge in [-0.05, 0) is 30.7 Å². The Bertz CT molecular complexity index is 585. The molecule has 2 N–H and O–H groups in total. The molecule has 1 aromatic carbocycles. The lowest BCUT2D eigenvalue weighted by Crippen LogP contribution is -1.97. The van der Waals surface area contributed by atoms with Gasteiger partial charge in [-0.15, -0.1) is 5.10 Å². The molecule has 0 aliphatic rings. The molecule has 0 amide bonds. The molecule has 2 aromatic rings. The predicted octanol–water partition coefficient (Wildman–Crippen LogP) is 2.72. The smallest absolute Gasteiger partial charge is 0.313 e. The lowest BCUT2D eigenvalue weighted by molar-refractivity contribution is -0.133. The number of H-pyrrole nitrogens is 1. The molecule has 0 saturated heterocycles. The fourth-order valence-electron chi connectivity index (χ4n) is 1.45. The fourth-order valence-corrected chi connectivity index (χ4v) is 2.44. The Morgan fingerprint density at radius 2 is 2.33 bits per heavy atom. The third kappa shape index (κ3) is 3.11. The Hall–Kier alpha value is -1.34. The zero-order valence-corrected chi connectivity index (χ0v) is 11.9. The first-order chi connectivity index (χ1) is 8.56. The molecule has 5 nitrogen and oxygen atoms in total. The number of rotatable bonds is 4. The Balaban J connectivity index is 2.21. The van der Waals surface area contributed by atoms with Gasteiger partial charge in [0, 0.05) is 10.0 Å². The number of thioether (sulfide) groups is 1. The van der Waals surface area contributed by atoms with Crippen molar-refractivity contribution < 1.29 is 9.90 Å². The molecule has 0 aliphatic heterocycles. The Labute approximate surface area is 116 Å². The number of aromatic amines is 1. The summed E-state index contributed by atoms with van der Waals surface area (Å²) < 4.78 is 1.00. The summed E-state index contributed by atoms with van der Waals surface area (Å²) in [5, 5.41) is 15.8. The molecule has 18 heavy (non-hydrogen) atoms. The minimum Gasteiger partial charge on any atom is -0.481 e. The maximum atomic E-state index is 10.4. The number of hydrogen-bond acceptors (Lipinski definition) is 4. The maximum absolute atomic E-state index is 10.4. The number of hydrogen-bond donors (Lipinski definition) is 2. The molecule has 0 bridgehead atoms. The minimum atomic E-state index is -0.883. The lowest BCUT2D eigenvalue weighted by atomic mass is 10.1. The molecule has 0 saturated carbocycles. The summed E-state index contributed by atoms with van der Waals surface area (Å²) in [4.78, 5) is 14.7. The average Bonchev–Trinajstić information content (AvgIpc) is 2.75. The van der Waals surface area contributed by atoms with Crippen molar-refractivity contribution in [3.05, 3.63) is 28.2 Å². The number of aromatic nitrogens is 3. The summed E-state index contributed by atoms with van der Waals surface area (Å²) in [6, 6.07) is 5.85. The van der Waals surface area contributed by atoms with E-state index in [-0.39, 0.29) is 5.75 Å². The first-order valence-corrected chi connectivity index (χ1v) is 6.87. The molecule has 1 heterocycles. The van der Waals surface area contributed by atoms with Crippen molar-refractivity contribution in [1.82, 2.24) is 15.2 Å². The second kappa shape index (κ2) is 5.53. The van der Waals surface area contributed by atoms with Crippen LogP contribution in [-0.2, 0) is 4.79 Å². The maximum Gasteiger partial charge on any atom is 0.313 e. The zero-order valence-electron chi connectivity index (χ0n) is 9.48. The predicted molar refractivity (Wildman–Crippen MR) is 72.6 cm³/mol. The number of carboxylic acids is 1. The van der Waals surface area contributed by atoms with Crippen LogP contribution in [0.1, 0.15) is 5.56 Å². The van der Waals surface area contributed by atoms with Crippen molar-refractivity contribution in [2.75, 3.05) is 5.75 Å². The van der Waals surface area contributed by atoms with Crippen LogP contribution in [0.15, 0.2) is 27.8 Å². The number of aryl methyl sites for hydroxylation is 1. The molecule has 94 valence electrons. The summed E-state index contributed by atoms with van der Waals surface area (Å²) in [5.74, 6) is -0.282. The standard InChI is InChI=1S/C11H10BrN3O2S/c1-6-4-7(12)2-3-8(6)10-13-11(15-14-10)18-5-9(16)17/h2-4H,5H2,1H3,(H,16,17)(H,13,14,15). The Kier molecular flexibility index (Phi) is 4.03. The van der Waals surface area contributed by atoms with Crippen LogP contribution in [0.4, 0.5) is 0 Å². The highest BCUT2D eigenvalue weighted by Crippen LogP contribution is 2.24. The SMILES string of the molecule is Cc1cc(Br)ccc1-c1nc(SCC(=O)O)n[nH]1. The first kappa shape index (κ1) is 13.1. The highest BCUT2D eigenvalue weighted by molar-refractivity contribution is 9.10. The highest BCUT2D eigenvalue weighted by Gasteiger charge is 2.10. The second-order valence-corrected chi connectivity index (χ2v) is 5.47. The normalized spacial score (nSPS) is 10.6. The molecule has 0 fully saturated rings. The van der Waals surface area contributed by atoms with Gasteiger partial charge < -0.3 is 5.11 Å². The van der Waals surface area contributed by atoms with Crippen LogP contribution in [0.5, 0.6) is 0 Å². The van der Waals surface area contributed by atoms with Gasteiger partial charge in [-0.3, -0.25) is 9.89 Å². The van der Waals surface area contributed by atoms with Crippen molar-refractivity contribution in [3.8, 4) is 11.4 Å². The Morgan fingerprint density at radius 3 is 3.00 bits per heavy atom. The number of carboxylic acid groups (broad SMARTS) is 1. The van der Waals surface area contributed by atoms with Crippen LogP contribution in [0.2, 0.25) is 0 Å². The van der Waals surface area contributed by atoms with Gasteiger partial charge in [0.2, 0.25) is 5.16 Å². The summed E-state index contributed by atoms with van der Waals surface area (Å²) >= 11 is 4.49. The van der Waals surface area contributed by atoms with Crippen LogP contribution >= 0.6 is 27.7 Å². The van der Waals surface area contributed by atoms with E-state index >= 15 is 0 Å². The fraction of sp³-hybridized carbons (Fsp3) is 0.182. The molecule has 1 aromatic heterocycles. The van der Waals surface area contributed by atoms with Crippen LogP contribution < -0.4 is 0 Å². The summed E-state index contributed by atoms with van der Waals surface area (Å²) in [6.07, 6.45) is 0. The van der Waals surface area contributed by atoms with E-state index in [1.54, 1.807) is 0 Å². The summed E-state index contributed by atoms with van der Waals surface area (Å²) in [7, 11) is 0. The molecular weight excluding hydrogens is 318 g/mol. The lowest BCUT2D eigenvalue weighted by Gasteiger charge is -2.01. The third-order valence-electron chi connectivity index (χ3n) is 2.23.